The van der Waals surface area contributed by atoms with E-state index in [9.17, 15) is 0 Å². The molecule has 7 heteroatoms. The fourth-order valence-corrected chi connectivity index (χ4v) is 1.55. The Kier molecular flexibility index (Phi) is 1.39. The molecule has 2 aromatic rings. The van der Waals surface area contributed by atoms with E-state index in [1.165, 1.54) is 11.3 Å². The van der Waals surface area contributed by atoms with E-state index in [-0.39, 0.29) is 0 Å². The second kappa shape index (κ2) is 2.24. The third-order valence-corrected chi connectivity index (χ3v) is 2.14. The van der Waals surface area contributed by atoms with Crippen LogP contribution in [0.3, 0.4) is 0 Å². The first kappa shape index (κ1) is 6.17. The summed E-state index contributed by atoms with van der Waals surface area (Å²) in [5, 5.41) is 12.2. The number of fused-ring (bicyclic) bond motifs is 1. The highest BCUT2D eigenvalue weighted by atomic mass is 32.2. The van der Waals surface area contributed by atoms with Gasteiger partial charge in [-0.2, -0.15) is 21.2 Å². The minimum atomic E-state index is 0.622. The van der Waals surface area contributed by atoms with E-state index in [1.54, 1.807) is 10.0 Å². The number of hydrogen-bond acceptors (Lipinski definition) is 5. The third kappa shape index (κ3) is 0.740. The molecule has 0 N–H and O–H groups in total. The zero-order valence-electron chi connectivity index (χ0n) is 4.76. The van der Waals surface area contributed by atoms with Crippen LogP contribution in [0.5, 0.6) is 0 Å². The van der Waals surface area contributed by atoms with Gasteiger partial charge in [0, 0.05) is 0 Å². The molecule has 48 valence electrons. The number of aromatic nitrogens is 4. The summed E-state index contributed by atoms with van der Waals surface area (Å²) in [6.07, 6.45) is 0. The van der Waals surface area contributed by atoms with Gasteiger partial charge in [-0.3, -0.25) is 0 Å². The fourth-order valence-electron chi connectivity index (χ4n) is 0.616. The van der Waals surface area contributed by atoms with Crippen molar-refractivity contribution < 1.29 is 0 Å². The van der Waals surface area contributed by atoms with Gasteiger partial charge in [0.2, 0.25) is 10.1 Å². The molecular formula is C3HBN4S2. The van der Waals surface area contributed by atoms with E-state index in [2.05, 4.69) is 15.3 Å². The average Bonchev–Trinajstić information content (AvgIpc) is 2.44. The van der Waals surface area contributed by atoms with Gasteiger partial charge in [0.15, 0.2) is 7.12 Å². The fraction of sp³-hybridized carbons (Fsp3) is 0. The molecule has 4 nitrogen and oxygen atoms in total. The van der Waals surface area contributed by atoms with Gasteiger partial charge in [-0.25, -0.2) is 0 Å². The second-order valence-electron chi connectivity index (χ2n) is 1.53. The van der Waals surface area contributed by atoms with Gasteiger partial charge in [0.05, 0.1) is 0 Å². The SMILES string of the molecule is [B]Sc1nnc2scnn12. The molecule has 0 bridgehead atoms. The van der Waals surface area contributed by atoms with E-state index >= 15 is 0 Å². The molecule has 0 aliphatic heterocycles. The van der Waals surface area contributed by atoms with Gasteiger partial charge in [-0.1, -0.05) is 11.3 Å². The summed E-state index contributed by atoms with van der Waals surface area (Å²) >= 11 is 2.48. The average molecular weight is 168 g/mol. The molecule has 0 aliphatic carbocycles. The van der Waals surface area contributed by atoms with Crippen molar-refractivity contribution in [2.75, 3.05) is 0 Å². The Morgan fingerprint density at radius 3 is 3.30 bits per heavy atom. The van der Waals surface area contributed by atoms with E-state index in [0.717, 1.165) is 16.6 Å². The summed E-state index contributed by atoms with van der Waals surface area (Å²) < 4.78 is 1.61. The topological polar surface area (TPSA) is 43.1 Å². The lowest BCUT2D eigenvalue weighted by molar-refractivity contribution is 0.826. The molecule has 0 saturated heterocycles. The first-order chi connectivity index (χ1) is 4.92. The van der Waals surface area contributed by atoms with Crippen LogP contribution in [0.4, 0.5) is 0 Å². The van der Waals surface area contributed by atoms with Crippen molar-refractivity contribution in [1.29, 1.82) is 0 Å². The van der Waals surface area contributed by atoms with Crippen molar-refractivity contribution in [3.05, 3.63) is 5.51 Å². The number of rotatable bonds is 1. The molecule has 0 atom stereocenters. The molecule has 2 heterocycles. The highest BCUT2D eigenvalue weighted by molar-refractivity contribution is 8.19. The lowest BCUT2D eigenvalue weighted by Crippen LogP contribution is -1.84. The Labute approximate surface area is 66.0 Å². The first-order valence-electron chi connectivity index (χ1n) is 2.43. The molecule has 0 fully saturated rings. The van der Waals surface area contributed by atoms with Crippen LogP contribution in [0.1, 0.15) is 0 Å². The summed E-state index contributed by atoms with van der Waals surface area (Å²) in [5.41, 5.74) is 1.70. The van der Waals surface area contributed by atoms with Crippen molar-refractivity contribution in [2.24, 2.45) is 0 Å². The predicted molar refractivity (Wildman–Crippen MR) is 40.3 cm³/mol. The lowest BCUT2D eigenvalue weighted by atomic mass is 10.8. The minimum absolute atomic E-state index is 0.622. The highest BCUT2D eigenvalue weighted by Gasteiger charge is 2.03. The molecule has 0 unspecified atom stereocenters. The third-order valence-electron chi connectivity index (χ3n) is 1.01. The molecule has 2 radical (unpaired) electrons. The molecule has 0 amide bonds. The van der Waals surface area contributed by atoms with Crippen LogP contribution in [0.25, 0.3) is 4.96 Å². The Morgan fingerprint density at radius 2 is 2.50 bits per heavy atom. The summed E-state index contributed by atoms with van der Waals surface area (Å²) in [6.45, 7) is 0. The van der Waals surface area contributed by atoms with Gasteiger partial charge in [-0.05, 0) is 0 Å². The van der Waals surface area contributed by atoms with E-state index in [1.807, 2.05) is 0 Å². The maximum Gasteiger partial charge on any atom is 0.235 e. The Hall–Kier alpha value is -0.555. The van der Waals surface area contributed by atoms with E-state index < -0.39 is 0 Å². The van der Waals surface area contributed by atoms with Crippen LogP contribution in [0, 0.1) is 0 Å². The molecule has 0 aromatic carbocycles. The van der Waals surface area contributed by atoms with Crippen LogP contribution in [0.15, 0.2) is 10.7 Å². The van der Waals surface area contributed by atoms with Gasteiger partial charge in [-0.15, -0.1) is 10.2 Å². The minimum Gasteiger partial charge on any atom is -0.178 e. The van der Waals surface area contributed by atoms with Gasteiger partial charge in [0.1, 0.15) is 5.51 Å². The van der Waals surface area contributed by atoms with Crippen molar-refractivity contribution in [1.82, 2.24) is 19.8 Å². The Morgan fingerprint density at radius 1 is 1.60 bits per heavy atom. The van der Waals surface area contributed by atoms with Crippen LogP contribution >= 0.6 is 22.9 Å². The molecule has 2 aromatic heterocycles. The molecular weight excluding hydrogens is 167 g/mol. The predicted octanol–water partition coefficient (Wildman–Crippen LogP) is 0.361. The standard InChI is InChI=1S/C3HBN4S2/c4-10-3-7-6-2-8(3)5-1-9-2/h1H. The van der Waals surface area contributed by atoms with Crippen molar-refractivity contribution in [2.45, 2.75) is 5.16 Å². The van der Waals surface area contributed by atoms with Crippen molar-refractivity contribution in [3.63, 3.8) is 0 Å². The van der Waals surface area contributed by atoms with Gasteiger partial charge < -0.3 is 0 Å². The van der Waals surface area contributed by atoms with Crippen LogP contribution in [0.2, 0.25) is 0 Å². The molecule has 0 saturated carbocycles. The summed E-state index contributed by atoms with van der Waals surface area (Å²) in [7, 11) is 5.28. The largest absolute Gasteiger partial charge is 0.235 e. The van der Waals surface area contributed by atoms with Crippen LogP contribution in [-0.2, 0) is 0 Å². The van der Waals surface area contributed by atoms with Crippen LogP contribution in [-0.4, -0.2) is 26.9 Å². The number of nitrogens with zero attached hydrogens (tertiary/aromatic N) is 4. The zero-order chi connectivity index (χ0) is 6.97. The highest BCUT2D eigenvalue weighted by Crippen LogP contribution is 2.13. The summed E-state index contributed by atoms with van der Waals surface area (Å²) in [4.78, 5) is 0.771. The molecule has 0 spiro atoms. The number of hydrogen-bond donors (Lipinski definition) is 0. The Bertz CT molecular complexity index is 341. The van der Waals surface area contributed by atoms with Gasteiger partial charge >= 0.3 is 0 Å². The smallest absolute Gasteiger partial charge is 0.178 e. The monoisotopic (exact) mass is 168 g/mol. The quantitative estimate of drug-likeness (QED) is 0.576. The van der Waals surface area contributed by atoms with Crippen molar-refractivity contribution in [3.8, 4) is 0 Å². The van der Waals surface area contributed by atoms with E-state index in [0.29, 0.717) is 5.16 Å². The van der Waals surface area contributed by atoms with E-state index in [4.69, 9.17) is 7.12 Å². The first-order valence-corrected chi connectivity index (χ1v) is 4.19. The summed E-state index contributed by atoms with van der Waals surface area (Å²) in [6, 6.07) is 0. The Balaban J connectivity index is 2.76. The normalized spacial score (nSPS) is 10.8. The van der Waals surface area contributed by atoms with Gasteiger partial charge in [0.25, 0.3) is 0 Å². The maximum atomic E-state index is 5.28. The zero-order valence-corrected chi connectivity index (χ0v) is 6.39. The maximum absolute atomic E-state index is 5.28. The van der Waals surface area contributed by atoms with Crippen molar-refractivity contribution >= 4 is 35.0 Å². The lowest BCUT2D eigenvalue weighted by Gasteiger charge is -1.84. The van der Waals surface area contributed by atoms with Crippen LogP contribution < -0.4 is 0 Å². The molecule has 2 rings (SSSR count). The second-order valence-corrected chi connectivity index (χ2v) is 2.95. The molecule has 0 aliphatic rings. The summed E-state index contributed by atoms with van der Waals surface area (Å²) in [5.74, 6) is 0. The molecule has 10 heavy (non-hydrogen) atoms.